The number of aryl methyl sites for hydroxylation is 1. The first-order valence-corrected chi connectivity index (χ1v) is 8.41. The summed E-state index contributed by atoms with van der Waals surface area (Å²) in [6.45, 7) is 5.50. The first-order chi connectivity index (χ1) is 12.5. The third-order valence-corrected chi connectivity index (χ3v) is 3.49. The number of esters is 1. The van der Waals surface area contributed by atoms with E-state index in [1.54, 1.807) is 30.3 Å². The maximum absolute atomic E-state index is 12.1. The number of ether oxygens (including phenoxy) is 3. The molecule has 6 nitrogen and oxygen atoms in total. The molecule has 1 amide bonds. The lowest BCUT2D eigenvalue weighted by atomic mass is 10.2. The average Bonchev–Trinajstić information content (AvgIpc) is 2.63. The van der Waals surface area contributed by atoms with Crippen LogP contribution < -0.4 is 14.8 Å². The Kier molecular flexibility index (Phi) is 7.02. The second kappa shape index (κ2) is 9.46. The molecule has 26 heavy (non-hydrogen) atoms. The van der Waals surface area contributed by atoms with E-state index in [1.165, 1.54) is 6.92 Å². The van der Waals surface area contributed by atoms with Gasteiger partial charge in [0.1, 0.15) is 0 Å². The molecular formula is C20H23NO5. The largest absolute Gasteiger partial charge is 0.490 e. The van der Waals surface area contributed by atoms with Gasteiger partial charge in [-0.2, -0.15) is 0 Å². The molecule has 0 fully saturated rings. The van der Waals surface area contributed by atoms with Crippen LogP contribution in [0.15, 0.2) is 48.5 Å². The molecule has 0 heterocycles. The van der Waals surface area contributed by atoms with Crippen molar-refractivity contribution in [3.05, 3.63) is 54.1 Å². The van der Waals surface area contributed by atoms with Crippen molar-refractivity contribution in [3.63, 3.8) is 0 Å². The van der Waals surface area contributed by atoms with Crippen LogP contribution in [0.3, 0.4) is 0 Å². The molecule has 1 N–H and O–H groups in total. The number of carbonyl (C=O) groups is 2. The summed E-state index contributed by atoms with van der Waals surface area (Å²) in [6, 6.07) is 14.4. The summed E-state index contributed by atoms with van der Waals surface area (Å²) in [5.41, 5.74) is 1.73. The number of nitrogens with one attached hydrogen (secondary N) is 1. The molecule has 2 aromatic carbocycles. The van der Waals surface area contributed by atoms with E-state index >= 15 is 0 Å². The van der Waals surface area contributed by atoms with Gasteiger partial charge in [-0.3, -0.25) is 4.79 Å². The van der Waals surface area contributed by atoms with Crippen LogP contribution >= 0.6 is 0 Å². The van der Waals surface area contributed by atoms with E-state index in [9.17, 15) is 9.59 Å². The van der Waals surface area contributed by atoms with Gasteiger partial charge in [0.15, 0.2) is 24.2 Å². The smallest absolute Gasteiger partial charge is 0.344 e. The van der Waals surface area contributed by atoms with Gasteiger partial charge in [0.25, 0.3) is 5.91 Å². The molecule has 2 aromatic rings. The summed E-state index contributed by atoms with van der Waals surface area (Å²) in [4.78, 5) is 24.0. The second-order valence-electron chi connectivity index (χ2n) is 5.66. The second-order valence-corrected chi connectivity index (χ2v) is 5.66. The molecule has 0 bridgehead atoms. The Balaban J connectivity index is 1.83. The zero-order chi connectivity index (χ0) is 18.9. The lowest BCUT2D eigenvalue weighted by molar-refractivity contribution is -0.155. The molecule has 0 aliphatic carbocycles. The van der Waals surface area contributed by atoms with Crippen molar-refractivity contribution in [3.8, 4) is 11.5 Å². The lowest BCUT2D eigenvalue weighted by Crippen LogP contribution is -2.31. The quantitative estimate of drug-likeness (QED) is 0.734. The van der Waals surface area contributed by atoms with Gasteiger partial charge >= 0.3 is 5.97 Å². The van der Waals surface area contributed by atoms with Crippen LogP contribution in [0.2, 0.25) is 0 Å². The van der Waals surface area contributed by atoms with Gasteiger partial charge in [0.2, 0.25) is 0 Å². The van der Waals surface area contributed by atoms with Crippen LogP contribution in [0, 0.1) is 6.92 Å². The minimum Gasteiger partial charge on any atom is -0.490 e. The lowest BCUT2D eigenvalue weighted by Gasteiger charge is -2.15. The molecular weight excluding hydrogens is 334 g/mol. The van der Waals surface area contributed by atoms with E-state index in [0.29, 0.717) is 23.8 Å². The summed E-state index contributed by atoms with van der Waals surface area (Å²) in [5, 5.41) is 2.70. The number of para-hydroxylation sites is 2. The summed E-state index contributed by atoms with van der Waals surface area (Å²) < 4.78 is 16.0. The van der Waals surface area contributed by atoms with Crippen LogP contribution in [-0.2, 0) is 14.3 Å². The van der Waals surface area contributed by atoms with Gasteiger partial charge in [-0.05, 0) is 45.0 Å². The maximum Gasteiger partial charge on any atom is 0.344 e. The van der Waals surface area contributed by atoms with Crippen LogP contribution in [0.1, 0.15) is 19.4 Å². The molecule has 0 spiro atoms. The Hall–Kier alpha value is -3.02. The first-order valence-electron chi connectivity index (χ1n) is 8.41. The standard InChI is InChI=1S/C20H23NO5/c1-4-24-17-7-5-6-8-18(17)25-13-19(22)26-15(3)20(23)21-16-11-9-14(2)10-12-16/h5-12,15H,4,13H2,1-3H3,(H,21,23)/t15-/m0/s1. The number of carbonyl (C=O) groups excluding carboxylic acids is 2. The first kappa shape index (κ1) is 19.3. The predicted molar refractivity (Wildman–Crippen MR) is 98.5 cm³/mol. The van der Waals surface area contributed by atoms with E-state index < -0.39 is 18.0 Å². The number of hydrogen-bond donors (Lipinski definition) is 1. The number of rotatable bonds is 8. The van der Waals surface area contributed by atoms with Gasteiger partial charge in [-0.15, -0.1) is 0 Å². The Morgan fingerprint density at radius 3 is 2.23 bits per heavy atom. The summed E-state index contributed by atoms with van der Waals surface area (Å²) >= 11 is 0. The molecule has 2 rings (SSSR count). The third-order valence-electron chi connectivity index (χ3n) is 3.49. The van der Waals surface area contributed by atoms with E-state index in [1.807, 2.05) is 32.0 Å². The normalized spacial score (nSPS) is 11.3. The highest BCUT2D eigenvalue weighted by molar-refractivity contribution is 5.95. The number of hydrogen-bond acceptors (Lipinski definition) is 5. The summed E-state index contributed by atoms with van der Waals surface area (Å²) in [5.74, 6) is -0.0456. The van der Waals surface area contributed by atoms with Crippen molar-refractivity contribution in [2.45, 2.75) is 26.9 Å². The van der Waals surface area contributed by atoms with Crippen LogP contribution in [0.25, 0.3) is 0 Å². The van der Waals surface area contributed by atoms with E-state index in [2.05, 4.69) is 5.32 Å². The summed E-state index contributed by atoms with van der Waals surface area (Å²) in [6.07, 6.45) is -0.936. The van der Waals surface area contributed by atoms with Crippen LogP contribution in [0.4, 0.5) is 5.69 Å². The minimum absolute atomic E-state index is 0.313. The predicted octanol–water partition coefficient (Wildman–Crippen LogP) is 3.34. The Morgan fingerprint density at radius 2 is 1.62 bits per heavy atom. The molecule has 0 aliphatic rings. The molecule has 1 atom stereocenters. The van der Waals surface area contributed by atoms with Gasteiger partial charge in [-0.25, -0.2) is 4.79 Å². The van der Waals surface area contributed by atoms with E-state index in [0.717, 1.165) is 5.56 Å². The van der Waals surface area contributed by atoms with Crippen molar-refractivity contribution in [1.29, 1.82) is 0 Å². The fourth-order valence-corrected chi connectivity index (χ4v) is 2.15. The van der Waals surface area contributed by atoms with Crippen LogP contribution in [-0.4, -0.2) is 31.2 Å². The van der Waals surface area contributed by atoms with E-state index in [-0.39, 0.29) is 6.61 Å². The Morgan fingerprint density at radius 1 is 1.00 bits per heavy atom. The number of anilines is 1. The monoisotopic (exact) mass is 357 g/mol. The Labute approximate surface area is 153 Å². The van der Waals surface area contributed by atoms with Gasteiger partial charge < -0.3 is 19.5 Å². The molecule has 0 aromatic heterocycles. The number of amides is 1. The van der Waals surface area contributed by atoms with Crippen molar-refractivity contribution < 1.29 is 23.8 Å². The highest BCUT2D eigenvalue weighted by Crippen LogP contribution is 2.26. The molecule has 138 valence electrons. The van der Waals surface area contributed by atoms with Crippen molar-refractivity contribution >= 4 is 17.6 Å². The highest BCUT2D eigenvalue weighted by Gasteiger charge is 2.18. The number of benzene rings is 2. The fourth-order valence-electron chi connectivity index (χ4n) is 2.15. The molecule has 0 aliphatic heterocycles. The minimum atomic E-state index is -0.936. The zero-order valence-electron chi connectivity index (χ0n) is 15.2. The molecule has 0 radical (unpaired) electrons. The van der Waals surface area contributed by atoms with Crippen LogP contribution in [0.5, 0.6) is 11.5 Å². The maximum atomic E-state index is 12.1. The zero-order valence-corrected chi connectivity index (χ0v) is 15.2. The van der Waals surface area contributed by atoms with Crippen molar-refractivity contribution in [2.75, 3.05) is 18.5 Å². The van der Waals surface area contributed by atoms with Gasteiger partial charge in [-0.1, -0.05) is 29.8 Å². The molecule has 0 saturated carbocycles. The fraction of sp³-hybridized carbons (Fsp3) is 0.300. The topological polar surface area (TPSA) is 73.9 Å². The Bertz CT molecular complexity index is 742. The highest BCUT2D eigenvalue weighted by atomic mass is 16.6. The molecule has 0 unspecified atom stereocenters. The van der Waals surface area contributed by atoms with Gasteiger partial charge in [0.05, 0.1) is 6.61 Å². The van der Waals surface area contributed by atoms with E-state index in [4.69, 9.17) is 14.2 Å². The molecule has 0 saturated heterocycles. The van der Waals surface area contributed by atoms with Gasteiger partial charge in [0, 0.05) is 5.69 Å². The SMILES string of the molecule is CCOc1ccccc1OCC(=O)O[C@@H](C)C(=O)Nc1ccc(C)cc1. The van der Waals surface area contributed by atoms with Crippen molar-refractivity contribution in [1.82, 2.24) is 0 Å². The van der Waals surface area contributed by atoms with Crippen molar-refractivity contribution in [2.24, 2.45) is 0 Å². The average molecular weight is 357 g/mol. The summed E-state index contributed by atoms with van der Waals surface area (Å²) in [7, 11) is 0. The third kappa shape index (κ3) is 5.81. The molecule has 6 heteroatoms.